The van der Waals surface area contributed by atoms with Gasteiger partial charge in [-0.25, -0.2) is 14.5 Å². The summed E-state index contributed by atoms with van der Waals surface area (Å²) in [4.78, 5) is 14.8. The lowest BCUT2D eigenvalue weighted by molar-refractivity contribution is 0.126. The fourth-order valence-corrected chi connectivity index (χ4v) is 3.75. The first-order valence-corrected chi connectivity index (χ1v) is 10.2. The van der Waals surface area contributed by atoms with Crippen molar-refractivity contribution in [2.75, 3.05) is 7.11 Å². The van der Waals surface area contributed by atoms with Gasteiger partial charge in [-0.15, -0.1) is 5.10 Å². The molecule has 0 radical (unpaired) electrons. The van der Waals surface area contributed by atoms with Crippen molar-refractivity contribution in [2.45, 2.75) is 20.5 Å². The number of benzene rings is 2. The smallest absolute Gasteiger partial charge is 0.192 e. The predicted molar refractivity (Wildman–Crippen MR) is 122 cm³/mol. The molecule has 0 aliphatic rings. The van der Waals surface area contributed by atoms with E-state index in [-0.39, 0.29) is 6.61 Å². The van der Waals surface area contributed by atoms with E-state index in [1.165, 1.54) is 0 Å². The van der Waals surface area contributed by atoms with E-state index in [1.807, 2.05) is 54.6 Å². The zero-order valence-electron chi connectivity index (χ0n) is 18.1. The lowest BCUT2D eigenvalue weighted by Crippen LogP contribution is -1.99. The maximum absolute atomic E-state index is 5.41. The Hall–Kier alpha value is -4.20. The van der Waals surface area contributed by atoms with Gasteiger partial charge in [0.15, 0.2) is 23.7 Å². The summed E-state index contributed by atoms with van der Waals surface area (Å²) in [5, 5.41) is 9.48. The van der Waals surface area contributed by atoms with Gasteiger partial charge in [0, 0.05) is 11.4 Å². The maximum Gasteiger partial charge on any atom is 0.192 e. The highest BCUT2D eigenvalue weighted by Gasteiger charge is 2.19. The Balaban J connectivity index is 1.48. The van der Waals surface area contributed by atoms with Crippen LogP contribution in [-0.4, -0.2) is 37.5 Å². The summed E-state index contributed by atoms with van der Waals surface area (Å²) in [7, 11) is 1.66. The molecule has 0 unspecified atom stereocenters. The van der Waals surface area contributed by atoms with Gasteiger partial charge in [-0.2, -0.15) is 0 Å². The quantitative estimate of drug-likeness (QED) is 0.300. The molecule has 3 heterocycles. The van der Waals surface area contributed by atoms with Crippen LogP contribution in [0.25, 0.3) is 22.4 Å². The minimum Gasteiger partial charge on any atom is -0.497 e. The van der Waals surface area contributed by atoms with E-state index in [0.717, 1.165) is 44.9 Å². The second-order valence-electron chi connectivity index (χ2n) is 7.40. The molecule has 0 atom stereocenters. The van der Waals surface area contributed by atoms with Crippen LogP contribution < -0.4 is 4.74 Å². The van der Waals surface area contributed by atoms with Crippen LogP contribution in [0.1, 0.15) is 22.6 Å². The van der Waals surface area contributed by atoms with E-state index in [9.17, 15) is 0 Å². The lowest BCUT2D eigenvalue weighted by Gasteiger charge is -2.08. The third-order valence-electron chi connectivity index (χ3n) is 5.48. The monoisotopic (exact) mass is 426 g/mol. The molecule has 0 aliphatic heterocycles. The number of rotatable bonds is 6. The van der Waals surface area contributed by atoms with Gasteiger partial charge in [-0.1, -0.05) is 35.5 Å². The first-order valence-electron chi connectivity index (χ1n) is 10.2. The summed E-state index contributed by atoms with van der Waals surface area (Å²) in [6, 6.07) is 17.7. The number of fused-ring (bicyclic) bond motifs is 3. The van der Waals surface area contributed by atoms with E-state index < -0.39 is 0 Å². The Morgan fingerprint density at radius 3 is 2.53 bits per heavy atom. The van der Waals surface area contributed by atoms with E-state index in [2.05, 4.69) is 33.7 Å². The number of nitrogens with zero attached hydrogens (tertiary/aromatic N) is 6. The van der Waals surface area contributed by atoms with Gasteiger partial charge >= 0.3 is 0 Å². The summed E-state index contributed by atoms with van der Waals surface area (Å²) in [6.07, 6.45) is 3.35. The van der Waals surface area contributed by atoms with Gasteiger partial charge < -0.3 is 9.57 Å². The van der Waals surface area contributed by atoms with Crippen molar-refractivity contribution >= 4 is 22.9 Å². The van der Waals surface area contributed by atoms with Gasteiger partial charge in [0.2, 0.25) is 0 Å². The molecule has 8 nitrogen and oxygen atoms in total. The van der Waals surface area contributed by atoms with Gasteiger partial charge in [-0.05, 0) is 49.2 Å². The molecule has 5 rings (SSSR count). The zero-order chi connectivity index (χ0) is 22.1. The number of hydrogen-bond acceptors (Lipinski definition) is 6. The Bertz CT molecular complexity index is 1420. The first-order chi connectivity index (χ1) is 15.7. The van der Waals surface area contributed by atoms with Crippen molar-refractivity contribution in [2.24, 2.45) is 5.16 Å². The van der Waals surface area contributed by atoms with Crippen LogP contribution in [0.2, 0.25) is 0 Å². The SMILES string of the molecule is COc1ccc(-n2c(C)c(C)c3c2ncn2nc(CO/N=C\c4ccccc4)nc32)cc1. The standard InChI is InChI=1S/C24H22N6O2/c1-16-17(2)30(19-9-11-20(31-3)12-10-19)23-22(16)24-27-21(28-29(24)15-25-23)14-32-26-13-18-7-5-4-6-8-18/h4-13,15H,14H2,1-3H3/b26-13-. The average Bonchev–Trinajstić information content (AvgIpc) is 3.36. The molecule has 0 N–H and O–H groups in total. The van der Waals surface area contributed by atoms with Crippen LogP contribution in [0.3, 0.4) is 0 Å². The van der Waals surface area contributed by atoms with E-state index in [0.29, 0.717) is 5.82 Å². The number of methoxy groups -OCH3 is 1. The Labute approximate surface area is 184 Å². The molecule has 160 valence electrons. The highest BCUT2D eigenvalue weighted by atomic mass is 16.6. The fraction of sp³-hybridized carbons (Fsp3) is 0.167. The number of oxime groups is 1. The largest absolute Gasteiger partial charge is 0.497 e. The maximum atomic E-state index is 5.41. The topological polar surface area (TPSA) is 78.8 Å². The lowest BCUT2D eigenvalue weighted by atomic mass is 10.2. The normalized spacial score (nSPS) is 11.6. The van der Waals surface area contributed by atoms with E-state index >= 15 is 0 Å². The predicted octanol–water partition coefficient (Wildman–Crippen LogP) is 4.24. The number of aromatic nitrogens is 5. The third kappa shape index (κ3) is 3.45. The first kappa shape index (κ1) is 19.7. The number of ether oxygens (including phenoxy) is 1. The van der Waals surface area contributed by atoms with Crippen LogP contribution in [0.15, 0.2) is 66.1 Å². The summed E-state index contributed by atoms with van der Waals surface area (Å²) in [6.45, 7) is 4.33. The van der Waals surface area contributed by atoms with Crippen LogP contribution in [0, 0.1) is 13.8 Å². The highest BCUT2D eigenvalue weighted by Crippen LogP contribution is 2.30. The number of aryl methyl sites for hydroxylation is 1. The van der Waals surface area contributed by atoms with Crippen molar-refractivity contribution in [3.05, 3.63) is 83.6 Å². The fourth-order valence-electron chi connectivity index (χ4n) is 3.75. The summed E-state index contributed by atoms with van der Waals surface area (Å²) in [5.41, 5.74) is 5.76. The van der Waals surface area contributed by atoms with Gasteiger partial charge in [0.1, 0.15) is 12.1 Å². The second-order valence-corrected chi connectivity index (χ2v) is 7.40. The molecular formula is C24H22N6O2. The second kappa shape index (κ2) is 8.14. The van der Waals surface area contributed by atoms with Crippen molar-refractivity contribution in [1.29, 1.82) is 0 Å². The molecule has 0 aliphatic carbocycles. The molecule has 0 bridgehead atoms. The average molecular weight is 426 g/mol. The Morgan fingerprint density at radius 1 is 1.00 bits per heavy atom. The molecule has 0 spiro atoms. The number of hydrogen-bond donors (Lipinski definition) is 0. The molecule has 0 amide bonds. The van der Waals surface area contributed by atoms with Gasteiger partial charge in [0.05, 0.1) is 18.7 Å². The minimum absolute atomic E-state index is 0.170. The van der Waals surface area contributed by atoms with Crippen LogP contribution >= 0.6 is 0 Å². The molecule has 32 heavy (non-hydrogen) atoms. The van der Waals surface area contributed by atoms with Crippen LogP contribution in [-0.2, 0) is 11.4 Å². The minimum atomic E-state index is 0.170. The van der Waals surface area contributed by atoms with E-state index in [4.69, 9.17) is 14.6 Å². The van der Waals surface area contributed by atoms with E-state index in [1.54, 1.807) is 24.2 Å². The molecule has 3 aromatic heterocycles. The molecule has 0 fully saturated rings. The molecule has 0 saturated heterocycles. The highest BCUT2D eigenvalue weighted by molar-refractivity contribution is 5.95. The van der Waals surface area contributed by atoms with Gasteiger partial charge in [-0.3, -0.25) is 4.57 Å². The van der Waals surface area contributed by atoms with Crippen molar-refractivity contribution in [3.8, 4) is 11.4 Å². The molecule has 2 aromatic carbocycles. The van der Waals surface area contributed by atoms with Crippen molar-refractivity contribution < 1.29 is 9.57 Å². The van der Waals surface area contributed by atoms with Crippen molar-refractivity contribution in [1.82, 2.24) is 24.1 Å². The molecule has 0 saturated carbocycles. The van der Waals surface area contributed by atoms with Crippen molar-refractivity contribution in [3.63, 3.8) is 0 Å². The summed E-state index contributed by atoms with van der Waals surface area (Å²) in [5.74, 6) is 1.35. The molecule has 5 aromatic rings. The van der Waals surface area contributed by atoms with Gasteiger partial charge in [0.25, 0.3) is 0 Å². The molecule has 8 heteroatoms. The summed E-state index contributed by atoms with van der Waals surface area (Å²) < 4.78 is 9.10. The third-order valence-corrected chi connectivity index (χ3v) is 5.48. The van der Waals surface area contributed by atoms with Crippen LogP contribution in [0.4, 0.5) is 0 Å². The summed E-state index contributed by atoms with van der Waals surface area (Å²) >= 11 is 0. The molecular weight excluding hydrogens is 404 g/mol. The zero-order valence-corrected chi connectivity index (χ0v) is 18.1. The van der Waals surface area contributed by atoms with Crippen LogP contribution in [0.5, 0.6) is 5.75 Å². The Morgan fingerprint density at radius 2 is 1.78 bits per heavy atom. The Kier molecular flexibility index (Phi) is 5.03.